The van der Waals surface area contributed by atoms with E-state index in [4.69, 9.17) is 9.63 Å². The maximum absolute atomic E-state index is 12.3. The highest BCUT2D eigenvalue weighted by atomic mass is 32.2. The van der Waals surface area contributed by atoms with Gasteiger partial charge in [0.1, 0.15) is 10.6 Å². The van der Waals surface area contributed by atoms with E-state index in [1.807, 2.05) is 6.92 Å². The van der Waals surface area contributed by atoms with Gasteiger partial charge in [-0.05, 0) is 27.2 Å². The van der Waals surface area contributed by atoms with Crippen LogP contribution in [0.4, 0.5) is 0 Å². The Morgan fingerprint density at radius 3 is 2.42 bits per heavy atom. The Kier molecular flexibility index (Phi) is 6.91. The number of nitrogens with zero attached hydrogens (tertiary/aromatic N) is 1. The van der Waals surface area contributed by atoms with Crippen molar-refractivity contribution < 1.29 is 27.6 Å². The first-order valence-corrected chi connectivity index (χ1v) is 9.04. The monoisotopic (exact) mass is 361 g/mol. The molecule has 2 unspecified atom stereocenters. The van der Waals surface area contributed by atoms with Crippen molar-refractivity contribution in [2.24, 2.45) is 5.92 Å². The van der Waals surface area contributed by atoms with Gasteiger partial charge in [-0.15, -0.1) is 0 Å². The van der Waals surface area contributed by atoms with Crippen LogP contribution in [0, 0.1) is 19.8 Å². The van der Waals surface area contributed by atoms with Crippen LogP contribution in [0.5, 0.6) is 0 Å². The zero-order valence-electron chi connectivity index (χ0n) is 14.1. The Labute approximate surface area is 140 Å². The molecule has 0 aliphatic carbocycles. The summed E-state index contributed by atoms with van der Waals surface area (Å²) in [5.74, 6) is -2.18. The predicted molar refractivity (Wildman–Crippen MR) is 84.8 cm³/mol. The molecule has 0 bridgehead atoms. The largest absolute Gasteiger partial charge is 0.481 e. The Morgan fingerprint density at radius 1 is 1.33 bits per heavy atom. The van der Waals surface area contributed by atoms with E-state index in [1.165, 1.54) is 20.8 Å². The fourth-order valence-corrected chi connectivity index (χ4v) is 3.77. The summed E-state index contributed by atoms with van der Waals surface area (Å²) < 4.78 is 31.7. The minimum Gasteiger partial charge on any atom is -0.481 e. The second-order valence-electron chi connectivity index (χ2n) is 5.57. The lowest BCUT2D eigenvalue weighted by atomic mass is 10.0. The van der Waals surface area contributed by atoms with Crippen molar-refractivity contribution in [2.45, 2.75) is 51.5 Å². The van der Waals surface area contributed by atoms with Gasteiger partial charge in [-0.1, -0.05) is 18.5 Å². The van der Waals surface area contributed by atoms with Crippen LogP contribution in [0.25, 0.3) is 0 Å². The van der Waals surface area contributed by atoms with Gasteiger partial charge in [0.25, 0.3) is 0 Å². The third-order valence-electron chi connectivity index (χ3n) is 3.47. The smallest absolute Gasteiger partial charge is 0.308 e. The Balaban J connectivity index is 2.72. The van der Waals surface area contributed by atoms with Gasteiger partial charge in [0.15, 0.2) is 5.76 Å². The summed E-state index contributed by atoms with van der Waals surface area (Å²) in [6.45, 7) is 6.11. The van der Waals surface area contributed by atoms with Gasteiger partial charge in [-0.2, -0.15) is 4.72 Å². The van der Waals surface area contributed by atoms with E-state index in [0.717, 1.165) is 0 Å². The molecule has 0 spiro atoms. The van der Waals surface area contributed by atoms with Crippen LogP contribution in [0.15, 0.2) is 9.42 Å². The Hall–Kier alpha value is -1.94. The van der Waals surface area contributed by atoms with Crippen LogP contribution < -0.4 is 10.0 Å². The second kappa shape index (κ2) is 8.25. The van der Waals surface area contributed by atoms with Crippen LogP contribution in [0.1, 0.15) is 38.1 Å². The van der Waals surface area contributed by atoms with Gasteiger partial charge in [-0.3, -0.25) is 9.59 Å². The third-order valence-corrected chi connectivity index (χ3v) is 5.26. The normalized spacial score (nSPS) is 14.2. The molecule has 1 heterocycles. The number of aryl methyl sites for hydroxylation is 2. The molecule has 2 atom stereocenters. The van der Waals surface area contributed by atoms with E-state index >= 15 is 0 Å². The van der Waals surface area contributed by atoms with Gasteiger partial charge in [0.05, 0.1) is 12.0 Å². The summed E-state index contributed by atoms with van der Waals surface area (Å²) in [5, 5.41) is 15.1. The molecule has 24 heavy (non-hydrogen) atoms. The molecule has 0 fully saturated rings. The van der Waals surface area contributed by atoms with Gasteiger partial charge in [0, 0.05) is 6.54 Å². The number of carbonyl (C=O) groups is 2. The molecule has 1 rings (SSSR count). The summed E-state index contributed by atoms with van der Waals surface area (Å²) in [6, 6.07) is -1.07. The summed E-state index contributed by atoms with van der Waals surface area (Å²) in [4.78, 5) is 23.0. The highest BCUT2D eigenvalue weighted by molar-refractivity contribution is 7.89. The van der Waals surface area contributed by atoms with Crippen LogP contribution in [0.3, 0.4) is 0 Å². The van der Waals surface area contributed by atoms with Crippen LogP contribution in [0.2, 0.25) is 0 Å². The SMILES string of the molecule is CCCC(CNC(=O)C(C)NS(=O)(=O)c1c(C)noc1C)C(=O)O. The lowest BCUT2D eigenvalue weighted by Crippen LogP contribution is -2.46. The average Bonchev–Trinajstić information content (AvgIpc) is 2.82. The summed E-state index contributed by atoms with van der Waals surface area (Å²) in [5.41, 5.74) is 0.196. The van der Waals surface area contributed by atoms with Crippen molar-refractivity contribution in [2.75, 3.05) is 6.54 Å². The number of hydrogen-bond donors (Lipinski definition) is 3. The third kappa shape index (κ3) is 5.03. The maximum atomic E-state index is 12.3. The molecule has 0 aliphatic heterocycles. The van der Waals surface area contributed by atoms with Crippen LogP contribution >= 0.6 is 0 Å². The molecule has 1 amide bonds. The first-order chi connectivity index (χ1) is 11.1. The minimum atomic E-state index is -3.97. The van der Waals surface area contributed by atoms with Crippen molar-refractivity contribution in [3.05, 3.63) is 11.5 Å². The lowest BCUT2D eigenvalue weighted by molar-refractivity contribution is -0.142. The summed E-state index contributed by atoms with van der Waals surface area (Å²) in [7, 11) is -3.97. The Morgan fingerprint density at radius 2 is 1.96 bits per heavy atom. The number of carbonyl (C=O) groups excluding carboxylic acids is 1. The molecular formula is C14H23N3O6S. The molecule has 0 radical (unpaired) electrons. The molecule has 3 N–H and O–H groups in total. The number of sulfonamides is 1. The van der Waals surface area contributed by atoms with Crippen molar-refractivity contribution in [1.29, 1.82) is 0 Å². The quantitative estimate of drug-likeness (QED) is 0.584. The molecule has 136 valence electrons. The van der Waals surface area contributed by atoms with E-state index in [9.17, 15) is 18.0 Å². The summed E-state index contributed by atoms with van der Waals surface area (Å²) in [6.07, 6.45) is 1.09. The number of amides is 1. The number of carboxylic acid groups (broad SMARTS) is 1. The number of carboxylic acids is 1. The van der Waals surface area contributed by atoms with E-state index in [0.29, 0.717) is 12.8 Å². The molecular weight excluding hydrogens is 338 g/mol. The van der Waals surface area contributed by atoms with Crippen LogP contribution in [-0.4, -0.2) is 43.1 Å². The van der Waals surface area contributed by atoms with E-state index in [1.54, 1.807) is 0 Å². The fourth-order valence-electron chi connectivity index (χ4n) is 2.24. The number of aliphatic carboxylic acids is 1. The van der Waals surface area contributed by atoms with Gasteiger partial charge in [0.2, 0.25) is 15.9 Å². The first-order valence-electron chi connectivity index (χ1n) is 7.55. The molecule has 0 saturated heterocycles. The van der Waals surface area contributed by atoms with Crippen molar-refractivity contribution >= 4 is 21.9 Å². The molecule has 0 saturated carbocycles. The highest BCUT2D eigenvalue weighted by Crippen LogP contribution is 2.18. The van der Waals surface area contributed by atoms with Gasteiger partial charge < -0.3 is 14.9 Å². The molecule has 9 nitrogen and oxygen atoms in total. The number of rotatable bonds is 9. The Bertz CT molecular complexity index is 678. The lowest BCUT2D eigenvalue weighted by Gasteiger charge is -2.16. The summed E-state index contributed by atoms with van der Waals surface area (Å²) >= 11 is 0. The predicted octanol–water partition coefficient (Wildman–Crippen LogP) is 0.575. The van der Waals surface area contributed by atoms with Gasteiger partial charge >= 0.3 is 5.97 Å². The number of hydrogen-bond acceptors (Lipinski definition) is 6. The average molecular weight is 361 g/mol. The molecule has 0 aromatic carbocycles. The van der Waals surface area contributed by atoms with Crippen molar-refractivity contribution in [1.82, 2.24) is 15.2 Å². The van der Waals surface area contributed by atoms with Crippen molar-refractivity contribution in [3.63, 3.8) is 0 Å². The van der Waals surface area contributed by atoms with E-state index in [2.05, 4.69) is 15.2 Å². The zero-order chi connectivity index (χ0) is 18.5. The number of aromatic nitrogens is 1. The standard InChI is InChI=1S/C14H23N3O6S/c1-5-6-11(14(19)20)7-15-13(18)9(3)17-24(21,22)12-8(2)16-23-10(12)4/h9,11,17H,5-7H2,1-4H3,(H,15,18)(H,19,20). The minimum absolute atomic E-state index is 0.0562. The molecule has 10 heteroatoms. The highest BCUT2D eigenvalue weighted by Gasteiger charge is 2.28. The second-order valence-corrected chi connectivity index (χ2v) is 7.22. The number of nitrogens with one attached hydrogen (secondary N) is 2. The first kappa shape index (κ1) is 20.1. The molecule has 0 aliphatic rings. The molecule has 1 aromatic heterocycles. The van der Waals surface area contributed by atoms with Gasteiger partial charge in [-0.25, -0.2) is 8.42 Å². The fraction of sp³-hybridized carbons (Fsp3) is 0.643. The zero-order valence-corrected chi connectivity index (χ0v) is 14.9. The van der Waals surface area contributed by atoms with Crippen molar-refractivity contribution in [3.8, 4) is 0 Å². The van der Waals surface area contributed by atoms with E-state index < -0.39 is 33.9 Å². The molecule has 1 aromatic rings. The maximum Gasteiger partial charge on any atom is 0.308 e. The van der Waals surface area contributed by atoms with Crippen LogP contribution in [-0.2, 0) is 19.6 Å². The van der Waals surface area contributed by atoms with E-state index in [-0.39, 0.29) is 22.9 Å². The topological polar surface area (TPSA) is 139 Å².